The number of para-hydroxylation sites is 3. The van der Waals surface area contributed by atoms with Gasteiger partial charge in [0, 0.05) is 16.8 Å². The second-order valence-electron chi connectivity index (χ2n) is 9.15. The average molecular weight is 524 g/mol. The molecule has 3 aromatic carbocycles. The quantitative estimate of drug-likeness (QED) is 0.283. The zero-order chi connectivity index (χ0) is 26.2. The Bertz CT molecular complexity index is 1610. The van der Waals surface area contributed by atoms with Crippen molar-refractivity contribution in [2.45, 2.75) is 19.5 Å². The van der Waals surface area contributed by atoms with Crippen molar-refractivity contribution in [2.24, 2.45) is 0 Å². The van der Waals surface area contributed by atoms with Crippen LogP contribution in [0.1, 0.15) is 28.6 Å². The van der Waals surface area contributed by atoms with Crippen LogP contribution in [0, 0.1) is 6.92 Å². The number of nitrogens with zero attached hydrogens (tertiary/aromatic N) is 4. The Labute approximate surface area is 225 Å². The molecule has 1 N–H and O–H groups in total. The number of benzene rings is 3. The van der Waals surface area contributed by atoms with E-state index in [4.69, 9.17) is 21.4 Å². The van der Waals surface area contributed by atoms with E-state index in [2.05, 4.69) is 16.0 Å². The molecule has 0 fully saturated rings. The van der Waals surface area contributed by atoms with Crippen LogP contribution in [0.25, 0.3) is 11.5 Å². The van der Waals surface area contributed by atoms with E-state index >= 15 is 0 Å². The zero-order valence-corrected chi connectivity index (χ0v) is 21.8. The third kappa shape index (κ3) is 4.11. The van der Waals surface area contributed by atoms with Crippen LogP contribution < -0.4 is 10.1 Å². The van der Waals surface area contributed by atoms with Crippen LogP contribution in [0.2, 0.25) is 5.02 Å². The fraction of sp³-hybridized carbons (Fsp3) is 0.133. The lowest BCUT2D eigenvalue weighted by Crippen LogP contribution is -2.38. The molecular weight excluding hydrogens is 498 g/mol. The van der Waals surface area contributed by atoms with Crippen molar-refractivity contribution in [3.63, 3.8) is 0 Å². The number of anilines is 1. The Balaban J connectivity index is 1.53. The smallest absolute Gasteiger partial charge is 0.323 e. The summed E-state index contributed by atoms with van der Waals surface area (Å²) < 4.78 is 9.58. The van der Waals surface area contributed by atoms with Crippen molar-refractivity contribution in [3.05, 3.63) is 125 Å². The molecule has 8 heteroatoms. The number of nitrogens with one attached hydrogen (secondary N) is 1. The number of ether oxygens (including phenoxy) is 1. The molecule has 6 rings (SSSR count). The second kappa shape index (κ2) is 9.76. The van der Waals surface area contributed by atoms with Crippen LogP contribution in [0.4, 0.5) is 10.5 Å². The highest BCUT2D eigenvalue weighted by Gasteiger charge is 2.36. The summed E-state index contributed by atoms with van der Waals surface area (Å²) in [5, 5.41) is 8.62. The second-order valence-corrected chi connectivity index (χ2v) is 9.59. The number of aromatic nitrogens is 3. The molecule has 1 atom stereocenters. The Morgan fingerprint density at radius 2 is 1.71 bits per heavy atom. The Hall–Kier alpha value is -4.49. The minimum atomic E-state index is -0.381. The summed E-state index contributed by atoms with van der Waals surface area (Å²) in [6.07, 6.45) is 2.03. The van der Waals surface area contributed by atoms with Gasteiger partial charge in [-0.25, -0.2) is 9.48 Å². The summed E-state index contributed by atoms with van der Waals surface area (Å²) >= 11 is 6.24. The molecule has 5 aromatic rings. The van der Waals surface area contributed by atoms with E-state index < -0.39 is 0 Å². The van der Waals surface area contributed by atoms with Gasteiger partial charge in [0.15, 0.2) is 0 Å². The van der Waals surface area contributed by atoms with Crippen LogP contribution in [-0.4, -0.2) is 32.4 Å². The predicted molar refractivity (Wildman–Crippen MR) is 148 cm³/mol. The number of fused-ring (bicyclic) bond motifs is 3. The lowest BCUT2D eigenvalue weighted by molar-refractivity contribution is 0.194. The molecule has 7 nitrogen and oxygen atoms in total. The van der Waals surface area contributed by atoms with Gasteiger partial charge in [0.1, 0.15) is 11.6 Å². The number of carbonyl (C=O) groups is 1. The molecule has 1 aliphatic rings. The number of hydrogen-bond donors (Lipinski definition) is 1. The Kier molecular flexibility index (Phi) is 6.13. The number of methoxy groups -OCH3 is 1. The maximum Gasteiger partial charge on any atom is 0.323 e. The summed E-state index contributed by atoms with van der Waals surface area (Å²) in [4.78, 5) is 15.9. The fourth-order valence-corrected chi connectivity index (χ4v) is 5.21. The third-order valence-corrected chi connectivity index (χ3v) is 7.13. The SMILES string of the molecule is COc1ccccc1NC(=O)N1Cc2c(C)nn(-c3ccccc3)c2-n2cccc2C1c1ccc(Cl)cc1. The van der Waals surface area contributed by atoms with Crippen LogP contribution in [0.15, 0.2) is 97.2 Å². The number of rotatable bonds is 4. The first-order valence-electron chi connectivity index (χ1n) is 12.3. The molecule has 38 heavy (non-hydrogen) atoms. The summed E-state index contributed by atoms with van der Waals surface area (Å²) in [5.74, 6) is 1.51. The van der Waals surface area contributed by atoms with E-state index in [1.807, 2.05) is 108 Å². The van der Waals surface area contributed by atoms with Gasteiger partial charge < -0.3 is 19.5 Å². The highest BCUT2D eigenvalue weighted by atomic mass is 35.5. The number of hydrogen-bond acceptors (Lipinski definition) is 3. The standard InChI is InChI=1S/C30H26ClN5O2/c1-20-24-19-35(30(37)32-25-11-6-7-13-27(25)38-2)28(21-14-16-22(31)17-15-21)26-12-8-18-34(26)29(24)36(33-20)23-9-4-3-5-10-23/h3-18,28H,19H2,1-2H3,(H,32,37). The van der Waals surface area contributed by atoms with Gasteiger partial charge in [-0.3, -0.25) is 0 Å². The number of carbonyl (C=O) groups excluding carboxylic acids is 1. The van der Waals surface area contributed by atoms with Crippen LogP contribution in [0.3, 0.4) is 0 Å². The first-order chi connectivity index (χ1) is 18.5. The number of amides is 2. The molecule has 1 aliphatic heterocycles. The van der Waals surface area contributed by atoms with E-state index in [0.29, 0.717) is 23.0 Å². The Morgan fingerprint density at radius 1 is 0.974 bits per heavy atom. The van der Waals surface area contributed by atoms with Crippen LogP contribution >= 0.6 is 11.6 Å². The van der Waals surface area contributed by atoms with Gasteiger partial charge in [0.05, 0.1) is 42.5 Å². The molecule has 0 radical (unpaired) electrons. The maximum absolute atomic E-state index is 14.1. The lowest BCUT2D eigenvalue weighted by Gasteiger charge is -2.31. The van der Waals surface area contributed by atoms with E-state index in [0.717, 1.165) is 34.0 Å². The van der Waals surface area contributed by atoms with Crippen molar-refractivity contribution < 1.29 is 9.53 Å². The van der Waals surface area contributed by atoms with Crippen LogP contribution in [-0.2, 0) is 6.54 Å². The van der Waals surface area contributed by atoms with Gasteiger partial charge in [-0.2, -0.15) is 5.10 Å². The number of urea groups is 1. The summed E-state index contributed by atoms with van der Waals surface area (Å²) in [6.45, 7) is 2.34. The average Bonchev–Trinajstić information content (AvgIpc) is 3.50. The maximum atomic E-state index is 14.1. The van der Waals surface area contributed by atoms with E-state index in [1.165, 1.54) is 0 Å². The van der Waals surface area contributed by atoms with E-state index in [-0.39, 0.29) is 12.1 Å². The first kappa shape index (κ1) is 23.9. The minimum absolute atomic E-state index is 0.248. The largest absolute Gasteiger partial charge is 0.495 e. The monoisotopic (exact) mass is 523 g/mol. The lowest BCUT2D eigenvalue weighted by atomic mass is 10.0. The summed E-state index contributed by atoms with van der Waals surface area (Å²) in [5.41, 5.74) is 5.27. The molecular formula is C30H26ClN5O2. The van der Waals surface area contributed by atoms with E-state index in [9.17, 15) is 4.79 Å². The molecule has 0 saturated carbocycles. The first-order valence-corrected chi connectivity index (χ1v) is 12.7. The van der Waals surface area contributed by atoms with Crippen molar-refractivity contribution in [2.75, 3.05) is 12.4 Å². The number of halogens is 1. The molecule has 2 aromatic heterocycles. The normalized spacial score (nSPS) is 14.4. The van der Waals surface area contributed by atoms with Gasteiger partial charge in [0.2, 0.25) is 0 Å². The molecule has 1 unspecified atom stereocenters. The van der Waals surface area contributed by atoms with E-state index in [1.54, 1.807) is 7.11 Å². The highest BCUT2D eigenvalue weighted by molar-refractivity contribution is 6.30. The molecule has 3 heterocycles. The van der Waals surface area contributed by atoms with Crippen molar-refractivity contribution in [1.82, 2.24) is 19.2 Å². The molecule has 0 bridgehead atoms. The zero-order valence-electron chi connectivity index (χ0n) is 21.0. The summed E-state index contributed by atoms with van der Waals surface area (Å²) in [7, 11) is 1.59. The van der Waals surface area contributed by atoms with Gasteiger partial charge >= 0.3 is 6.03 Å². The van der Waals surface area contributed by atoms with Gasteiger partial charge in [-0.15, -0.1) is 0 Å². The van der Waals surface area contributed by atoms with Gasteiger partial charge in [-0.05, 0) is 61.0 Å². The Morgan fingerprint density at radius 3 is 2.47 bits per heavy atom. The molecule has 190 valence electrons. The van der Waals surface area contributed by atoms with Gasteiger partial charge in [0.25, 0.3) is 0 Å². The van der Waals surface area contributed by atoms with Crippen molar-refractivity contribution >= 4 is 23.3 Å². The third-order valence-electron chi connectivity index (χ3n) is 6.88. The topological polar surface area (TPSA) is 64.3 Å². The molecule has 0 spiro atoms. The van der Waals surface area contributed by atoms with Crippen molar-refractivity contribution in [3.8, 4) is 17.3 Å². The highest BCUT2D eigenvalue weighted by Crippen LogP contribution is 2.39. The molecule has 0 aliphatic carbocycles. The predicted octanol–water partition coefficient (Wildman–Crippen LogP) is 6.77. The van der Waals surface area contributed by atoms with Gasteiger partial charge in [-0.1, -0.05) is 54.1 Å². The van der Waals surface area contributed by atoms with Crippen molar-refractivity contribution in [1.29, 1.82) is 0 Å². The molecule has 2 amide bonds. The van der Waals surface area contributed by atoms with Crippen LogP contribution in [0.5, 0.6) is 5.75 Å². The minimum Gasteiger partial charge on any atom is -0.495 e. The molecule has 0 saturated heterocycles. The summed E-state index contributed by atoms with van der Waals surface area (Å²) in [6, 6.07) is 28.5. The number of aryl methyl sites for hydroxylation is 1. The fourth-order valence-electron chi connectivity index (χ4n) is 5.08.